The van der Waals surface area contributed by atoms with Crippen molar-refractivity contribution in [2.75, 3.05) is 0 Å². The zero-order chi connectivity index (χ0) is 13.5. The van der Waals surface area contributed by atoms with E-state index in [4.69, 9.17) is 4.42 Å². The number of nitrogens with zero attached hydrogens (tertiary/aromatic N) is 1. The number of halogens is 1. The molecule has 1 aromatic heterocycles. The smallest absolute Gasteiger partial charge is 0.227 e. The highest BCUT2D eigenvalue weighted by Crippen LogP contribution is 2.28. The number of hydrogen-bond acceptors (Lipinski definition) is 2. The molecule has 1 heterocycles. The molecule has 0 aliphatic heterocycles. The number of benzene rings is 3. The van der Waals surface area contributed by atoms with Crippen molar-refractivity contribution in [2.45, 2.75) is 0 Å². The van der Waals surface area contributed by atoms with Crippen LogP contribution < -0.4 is 0 Å². The molecule has 3 aromatic carbocycles. The average molecular weight is 324 g/mol. The Hall–Kier alpha value is -2.13. The van der Waals surface area contributed by atoms with Gasteiger partial charge in [-0.05, 0) is 47.2 Å². The quantitative estimate of drug-likeness (QED) is 0.468. The van der Waals surface area contributed by atoms with Gasteiger partial charge in [-0.3, -0.25) is 0 Å². The monoisotopic (exact) mass is 323 g/mol. The van der Waals surface area contributed by atoms with Crippen molar-refractivity contribution in [1.82, 2.24) is 4.98 Å². The zero-order valence-electron chi connectivity index (χ0n) is 10.5. The summed E-state index contributed by atoms with van der Waals surface area (Å²) in [4.78, 5) is 4.53. The van der Waals surface area contributed by atoms with Crippen LogP contribution in [0.2, 0.25) is 0 Å². The summed E-state index contributed by atoms with van der Waals surface area (Å²) in [6, 6.07) is 20.3. The number of para-hydroxylation sites is 2. The maximum absolute atomic E-state index is 5.81. The molecule has 0 fully saturated rings. The summed E-state index contributed by atoms with van der Waals surface area (Å²) in [7, 11) is 0. The van der Waals surface area contributed by atoms with Crippen LogP contribution in [0.3, 0.4) is 0 Å². The average Bonchev–Trinajstić information content (AvgIpc) is 2.90. The van der Waals surface area contributed by atoms with Gasteiger partial charge in [0.15, 0.2) is 5.58 Å². The summed E-state index contributed by atoms with van der Waals surface area (Å²) in [5.74, 6) is 0.663. The highest BCUT2D eigenvalue weighted by molar-refractivity contribution is 9.10. The normalized spacial score (nSPS) is 11.2. The third kappa shape index (κ3) is 1.91. The number of rotatable bonds is 1. The molecule has 0 saturated carbocycles. The molecule has 0 unspecified atom stereocenters. The maximum Gasteiger partial charge on any atom is 0.227 e. The molecule has 0 spiro atoms. The fourth-order valence-corrected chi connectivity index (χ4v) is 2.72. The third-order valence-electron chi connectivity index (χ3n) is 3.34. The second-order valence-corrected chi connectivity index (χ2v) is 5.61. The Morgan fingerprint density at radius 2 is 1.65 bits per heavy atom. The summed E-state index contributed by atoms with van der Waals surface area (Å²) < 4.78 is 6.89. The number of oxazole rings is 1. The van der Waals surface area contributed by atoms with E-state index in [0.29, 0.717) is 5.89 Å². The number of fused-ring (bicyclic) bond motifs is 2. The van der Waals surface area contributed by atoms with Crippen LogP contribution in [-0.2, 0) is 0 Å². The fraction of sp³-hybridized carbons (Fsp3) is 0. The standard InChI is InChI=1S/C17H10BrNO/c18-14-8-7-11-9-13(6-5-12(11)10-14)17-19-15-3-1-2-4-16(15)20-17/h1-10H. The van der Waals surface area contributed by atoms with E-state index in [-0.39, 0.29) is 0 Å². The van der Waals surface area contributed by atoms with Crippen molar-refractivity contribution in [3.63, 3.8) is 0 Å². The molecule has 0 bridgehead atoms. The lowest BCUT2D eigenvalue weighted by molar-refractivity contribution is 0.620. The third-order valence-corrected chi connectivity index (χ3v) is 3.84. The first-order valence-electron chi connectivity index (χ1n) is 6.35. The van der Waals surface area contributed by atoms with Gasteiger partial charge in [0.2, 0.25) is 5.89 Å². The largest absolute Gasteiger partial charge is 0.436 e. The van der Waals surface area contributed by atoms with Gasteiger partial charge in [-0.2, -0.15) is 0 Å². The van der Waals surface area contributed by atoms with E-state index in [2.05, 4.69) is 45.2 Å². The Kier molecular flexibility index (Phi) is 2.60. The molecule has 3 heteroatoms. The number of hydrogen-bond donors (Lipinski definition) is 0. The van der Waals surface area contributed by atoms with E-state index in [1.54, 1.807) is 0 Å². The van der Waals surface area contributed by atoms with Gasteiger partial charge in [0, 0.05) is 10.0 Å². The van der Waals surface area contributed by atoms with Crippen LogP contribution in [0.25, 0.3) is 33.3 Å². The Labute approximate surface area is 124 Å². The molecule has 0 N–H and O–H groups in total. The van der Waals surface area contributed by atoms with Crippen LogP contribution in [0.4, 0.5) is 0 Å². The van der Waals surface area contributed by atoms with Crippen LogP contribution in [0.5, 0.6) is 0 Å². The first kappa shape index (κ1) is 11.7. The molecular formula is C17H10BrNO. The second-order valence-electron chi connectivity index (χ2n) is 4.69. The molecule has 0 aliphatic rings. The summed E-state index contributed by atoms with van der Waals surface area (Å²) in [6.07, 6.45) is 0. The van der Waals surface area contributed by atoms with E-state index in [0.717, 1.165) is 21.1 Å². The Bertz CT molecular complexity index is 893. The summed E-state index contributed by atoms with van der Waals surface area (Å²) in [6.45, 7) is 0. The van der Waals surface area contributed by atoms with Crippen molar-refractivity contribution in [1.29, 1.82) is 0 Å². The van der Waals surface area contributed by atoms with Gasteiger partial charge in [0.25, 0.3) is 0 Å². The molecule has 4 aromatic rings. The van der Waals surface area contributed by atoms with Crippen molar-refractivity contribution < 1.29 is 4.42 Å². The number of aromatic nitrogens is 1. The van der Waals surface area contributed by atoms with E-state index in [1.807, 2.05) is 36.4 Å². The summed E-state index contributed by atoms with van der Waals surface area (Å²) >= 11 is 3.49. The second kappa shape index (κ2) is 4.46. The molecular weight excluding hydrogens is 314 g/mol. The van der Waals surface area contributed by atoms with Crippen LogP contribution in [0.15, 0.2) is 69.6 Å². The topological polar surface area (TPSA) is 26.0 Å². The fourth-order valence-electron chi connectivity index (χ4n) is 2.35. The van der Waals surface area contributed by atoms with Crippen molar-refractivity contribution in [3.8, 4) is 11.5 Å². The van der Waals surface area contributed by atoms with Gasteiger partial charge < -0.3 is 4.42 Å². The van der Waals surface area contributed by atoms with Gasteiger partial charge in [-0.15, -0.1) is 0 Å². The van der Waals surface area contributed by atoms with Crippen LogP contribution in [-0.4, -0.2) is 4.98 Å². The predicted molar refractivity (Wildman–Crippen MR) is 84.7 cm³/mol. The van der Waals surface area contributed by atoms with Crippen LogP contribution in [0.1, 0.15) is 0 Å². The van der Waals surface area contributed by atoms with Gasteiger partial charge in [-0.1, -0.05) is 40.2 Å². The lowest BCUT2D eigenvalue weighted by atomic mass is 10.1. The van der Waals surface area contributed by atoms with Crippen LogP contribution >= 0.6 is 15.9 Å². The molecule has 96 valence electrons. The highest BCUT2D eigenvalue weighted by Gasteiger charge is 2.08. The SMILES string of the molecule is Brc1ccc2cc(-c3nc4ccccc4o3)ccc2c1. The lowest BCUT2D eigenvalue weighted by Crippen LogP contribution is -1.79. The maximum atomic E-state index is 5.81. The van der Waals surface area contributed by atoms with E-state index in [1.165, 1.54) is 10.8 Å². The molecule has 4 rings (SSSR count). The molecule has 0 saturated heterocycles. The highest BCUT2D eigenvalue weighted by atomic mass is 79.9. The van der Waals surface area contributed by atoms with Crippen LogP contribution in [0, 0.1) is 0 Å². The molecule has 2 nitrogen and oxygen atoms in total. The van der Waals surface area contributed by atoms with Gasteiger partial charge in [-0.25, -0.2) is 4.98 Å². The first-order chi connectivity index (χ1) is 9.79. The first-order valence-corrected chi connectivity index (χ1v) is 7.14. The summed E-state index contributed by atoms with van der Waals surface area (Å²) in [5, 5.41) is 2.37. The molecule has 0 radical (unpaired) electrons. The predicted octanol–water partition coefficient (Wildman–Crippen LogP) is 5.41. The molecule has 0 amide bonds. The molecule has 0 atom stereocenters. The Morgan fingerprint density at radius 3 is 2.55 bits per heavy atom. The minimum atomic E-state index is 0.663. The summed E-state index contributed by atoms with van der Waals surface area (Å²) in [5.41, 5.74) is 2.70. The van der Waals surface area contributed by atoms with E-state index >= 15 is 0 Å². The minimum Gasteiger partial charge on any atom is -0.436 e. The minimum absolute atomic E-state index is 0.663. The van der Waals surface area contributed by atoms with Gasteiger partial charge in [0.05, 0.1) is 0 Å². The Balaban J connectivity index is 1.90. The van der Waals surface area contributed by atoms with Crippen molar-refractivity contribution in [3.05, 3.63) is 65.1 Å². The molecule has 0 aliphatic carbocycles. The zero-order valence-corrected chi connectivity index (χ0v) is 12.1. The lowest BCUT2D eigenvalue weighted by Gasteiger charge is -2.01. The van der Waals surface area contributed by atoms with Crippen molar-refractivity contribution >= 4 is 37.8 Å². The van der Waals surface area contributed by atoms with E-state index in [9.17, 15) is 0 Å². The van der Waals surface area contributed by atoms with Crippen molar-refractivity contribution in [2.24, 2.45) is 0 Å². The molecule has 20 heavy (non-hydrogen) atoms. The van der Waals surface area contributed by atoms with Gasteiger partial charge in [0.1, 0.15) is 5.52 Å². The van der Waals surface area contributed by atoms with E-state index < -0.39 is 0 Å². The van der Waals surface area contributed by atoms with Gasteiger partial charge >= 0.3 is 0 Å². The Morgan fingerprint density at radius 1 is 0.850 bits per heavy atom.